The molecule has 0 heterocycles. The van der Waals surface area contributed by atoms with Crippen LogP contribution in [0, 0.1) is 5.82 Å². The van der Waals surface area contributed by atoms with Gasteiger partial charge >= 0.3 is 18.7 Å². The van der Waals surface area contributed by atoms with Crippen LogP contribution in [0.5, 0.6) is 17.2 Å². The first-order valence-electron chi connectivity index (χ1n) is 10.4. The lowest BCUT2D eigenvalue weighted by Gasteiger charge is -2.24. The van der Waals surface area contributed by atoms with Crippen LogP contribution in [0.25, 0.3) is 0 Å². The molecule has 0 fully saturated rings. The summed E-state index contributed by atoms with van der Waals surface area (Å²) in [4.78, 5) is 0. The highest BCUT2D eigenvalue weighted by Gasteiger charge is 2.44. The van der Waals surface area contributed by atoms with Crippen molar-refractivity contribution in [2.24, 2.45) is 0 Å². The maximum Gasteiger partial charge on any atom is 0.461 e. The van der Waals surface area contributed by atoms with Crippen molar-refractivity contribution < 1.29 is 49.7 Å². The third-order valence-electron chi connectivity index (χ3n) is 4.91. The topological polar surface area (TPSA) is 50.7 Å². The van der Waals surface area contributed by atoms with Crippen molar-refractivity contribution in [3.05, 3.63) is 88.1 Å². The Morgan fingerprint density at radius 1 is 0.865 bits per heavy atom. The van der Waals surface area contributed by atoms with E-state index in [1.165, 1.54) is 48.5 Å². The monoisotopic (exact) mass is 599 g/mol. The summed E-state index contributed by atoms with van der Waals surface area (Å²) in [7, 11) is 0. The largest absolute Gasteiger partial charge is 0.461 e. The van der Waals surface area contributed by atoms with E-state index in [-0.39, 0.29) is 22.6 Å². The Morgan fingerprint density at radius 2 is 1.46 bits per heavy atom. The molecule has 37 heavy (non-hydrogen) atoms. The molecule has 0 saturated heterocycles. The van der Waals surface area contributed by atoms with Crippen molar-refractivity contribution in [2.45, 2.75) is 30.9 Å². The average molecular weight is 600 g/mol. The number of alkyl halides is 7. The van der Waals surface area contributed by atoms with Gasteiger partial charge in [-0.3, -0.25) is 0 Å². The van der Waals surface area contributed by atoms with Crippen molar-refractivity contribution in [3.63, 3.8) is 0 Å². The number of benzene rings is 3. The van der Waals surface area contributed by atoms with Crippen LogP contribution in [0.2, 0.25) is 0 Å². The molecule has 0 amide bonds. The Labute approximate surface area is 213 Å². The maximum absolute atomic E-state index is 14.1. The summed E-state index contributed by atoms with van der Waals surface area (Å²) in [5.74, 6) is -1.45. The maximum atomic E-state index is 14.1. The standard InChI is InChI=1S/C24H18BrF8NO3/c25-15-7-8-18(26)19(11-15)36-16-5-1-3-13(9-16)21(34-12-20(35)23(29,30)31)14-4-2-6-17(10-14)37-24(32,33)22(27)28/h1-11,20-22,34-35H,12H2. The predicted octanol–water partition coefficient (Wildman–Crippen LogP) is 7.22. The van der Waals surface area contributed by atoms with Gasteiger partial charge in [0.2, 0.25) is 0 Å². The van der Waals surface area contributed by atoms with E-state index < -0.39 is 49.0 Å². The Kier molecular flexibility index (Phi) is 9.03. The van der Waals surface area contributed by atoms with Gasteiger partial charge in [-0.05, 0) is 53.6 Å². The Hall–Kier alpha value is -2.90. The highest BCUT2D eigenvalue weighted by atomic mass is 79.9. The van der Waals surface area contributed by atoms with Crippen LogP contribution in [0.3, 0.4) is 0 Å². The van der Waals surface area contributed by atoms with E-state index in [9.17, 15) is 40.2 Å². The van der Waals surface area contributed by atoms with Crippen LogP contribution in [0.4, 0.5) is 35.1 Å². The summed E-state index contributed by atoms with van der Waals surface area (Å²) in [5, 5.41) is 11.9. The second kappa shape index (κ2) is 11.7. The molecule has 0 aliphatic heterocycles. The van der Waals surface area contributed by atoms with Gasteiger partial charge in [-0.1, -0.05) is 40.2 Å². The Balaban J connectivity index is 1.96. The molecule has 3 aromatic carbocycles. The second-order valence-corrected chi connectivity index (χ2v) is 8.60. The van der Waals surface area contributed by atoms with Crippen molar-refractivity contribution >= 4 is 15.9 Å². The van der Waals surface area contributed by atoms with E-state index in [0.29, 0.717) is 4.47 Å². The van der Waals surface area contributed by atoms with Crippen LogP contribution in [0.1, 0.15) is 17.2 Å². The highest BCUT2D eigenvalue weighted by molar-refractivity contribution is 9.10. The van der Waals surface area contributed by atoms with Crippen LogP contribution in [0.15, 0.2) is 71.2 Å². The van der Waals surface area contributed by atoms with E-state index in [1.54, 1.807) is 0 Å². The number of aliphatic hydroxyl groups is 1. The summed E-state index contributed by atoms with van der Waals surface area (Å²) < 4.78 is 115. The van der Waals surface area contributed by atoms with Gasteiger partial charge in [0.25, 0.3) is 0 Å². The zero-order chi connectivity index (χ0) is 27.4. The predicted molar refractivity (Wildman–Crippen MR) is 121 cm³/mol. The lowest BCUT2D eigenvalue weighted by atomic mass is 9.98. The number of rotatable bonds is 10. The van der Waals surface area contributed by atoms with Gasteiger partial charge in [0.15, 0.2) is 17.7 Å². The van der Waals surface area contributed by atoms with Gasteiger partial charge in [-0.15, -0.1) is 0 Å². The molecular weight excluding hydrogens is 582 g/mol. The molecular formula is C24H18BrF8NO3. The van der Waals surface area contributed by atoms with Crippen LogP contribution < -0.4 is 14.8 Å². The summed E-state index contributed by atoms with van der Waals surface area (Å²) in [5.41, 5.74) is 0.266. The van der Waals surface area contributed by atoms with Gasteiger partial charge in [-0.2, -0.15) is 30.7 Å². The molecule has 0 aromatic heterocycles. The number of hydrogen-bond donors (Lipinski definition) is 2. The second-order valence-electron chi connectivity index (χ2n) is 7.69. The zero-order valence-electron chi connectivity index (χ0n) is 18.5. The molecule has 13 heteroatoms. The minimum Gasteiger partial charge on any atom is -0.454 e. The molecule has 0 bridgehead atoms. The van der Waals surface area contributed by atoms with Crippen molar-refractivity contribution in [1.82, 2.24) is 5.32 Å². The average Bonchev–Trinajstić information content (AvgIpc) is 2.81. The van der Waals surface area contributed by atoms with Crippen molar-refractivity contribution in [3.8, 4) is 17.2 Å². The van der Waals surface area contributed by atoms with E-state index in [1.807, 2.05) is 0 Å². The lowest BCUT2D eigenvalue weighted by Crippen LogP contribution is -2.40. The molecule has 3 aromatic rings. The van der Waals surface area contributed by atoms with E-state index >= 15 is 0 Å². The van der Waals surface area contributed by atoms with Gasteiger partial charge in [0, 0.05) is 11.0 Å². The molecule has 3 rings (SSSR count). The van der Waals surface area contributed by atoms with Gasteiger partial charge < -0.3 is 19.9 Å². The summed E-state index contributed by atoms with van der Waals surface area (Å²) >= 11 is 3.18. The number of hydrogen-bond acceptors (Lipinski definition) is 4. The number of ether oxygens (including phenoxy) is 2. The van der Waals surface area contributed by atoms with Gasteiger partial charge in [0.05, 0.1) is 6.04 Å². The fraction of sp³-hybridized carbons (Fsp3) is 0.250. The SMILES string of the molecule is OC(CNC(c1cccc(Oc2cc(Br)ccc2F)c1)c1cccc(OC(F)(F)C(F)F)c1)C(F)(F)F. The zero-order valence-corrected chi connectivity index (χ0v) is 20.0. The Morgan fingerprint density at radius 3 is 2.05 bits per heavy atom. The highest BCUT2D eigenvalue weighted by Crippen LogP contribution is 2.34. The van der Waals surface area contributed by atoms with Crippen LogP contribution in [-0.4, -0.2) is 36.5 Å². The van der Waals surface area contributed by atoms with E-state index in [2.05, 4.69) is 26.0 Å². The van der Waals surface area contributed by atoms with Crippen molar-refractivity contribution in [1.29, 1.82) is 0 Å². The van der Waals surface area contributed by atoms with Gasteiger partial charge in [0.1, 0.15) is 11.5 Å². The fourth-order valence-corrected chi connectivity index (χ4v) is 3.51. The summed E-state index contributed by atoms with van der Waals surface area (Å²) in [6, 6.07) is 12.8. The minimum atomic E-state index is -4.95. The molecule has 2 unspecified atom stereocenters. The molecule has 200 valence electrons. The fourth-order valence-electron chi connectivity index (χ4n) is 3.17. The first-order valence-corrected chi connectivity index (χ1v) is 11.2. The first kappa shape index (κ1) is 28.7. The molecule has 0 saturated carbocycles. The molecule has 0 radical (unpaired) electrons. The van der Waals surface area contributed by atoms with E-state index in [4.69, 9.17) is 4.74 Å². The smallest absolute Gasteiger partial charge is 0.454 e. The van der Waals surface area contributed by atoms with Crippen LogP contribution >= 0.6 is 15.9 Å². The third-order valence-corrected chi connectivity index (χ3v) is 5.40. The van der Waals surface area contributed by atoms with Gasteiger partial charge in [-0.25, -0.2) is 4.39 Å². The summed E-state index contributed by atoms with van der Waals surface area (Å²) in [6.07, 6.45) is -16.7. The molecule has 2 atom stereocenters. The van der Waals surface area contributed by atoms with Crippen LogP contribution in [-0.2, 0) is 0 Å². The van der Waals surface area contributed by atoms with Crippen molar-refractivity contribution in [2.75, 3.05) is 6.54 Å². The molecule has 0 spiro atoms. The molecule has 0 aliphatic rings. The third kappa shape index (κ3) is 7.79. The number of aliphatic hydroxyl groups excluding tert-OH is 1. The number of nitrogens with one attached hydrogen (secondary N) is 1. The molecule has 0 aliphatic carbocycles. The first-order chi connectivity index (χ1) is 17.3. The normalized spacial score (nSPS) is 13.9. The minimum absolute atomic E-state index is 0.0442. The molecule has 4 nitrogen and oxygen atoms in total. The van der Waals surface area contributed by atoms with E-state index in [0.717, 1.165) is 18.2 Å². The Bertz CT molecular complexity index is 1210. The quantitative estimate of drug-likeness (QED) is 0.242. The number of halogens is 9. The summed E-state index contributed by atoms with van der Waals surface area (Å²) in [6.45, 7) is -1.00. The molecule has 2 N–H and O–H groups in total. The lowest BCUT2D eigenvalue weighted by molar-refractivity contribution is -0.253.